The molecule has 0 aromatic rings. The van der Waals surface area contributed by atoms with Gasteiger partial charge in [0.1, 0.15) is 10.2 Å². The van der Waals surface area contributed by atoms with E-state index in [1.807, 2.05) is 20.8 Å². The van der Waals surface area contributed by atoms with Crippen LogP contribution in [0.5, 0.6) is 0 Å². The molecule has 1 fully saturated rings. The van der Waals surface area contributed by atoms with Crippen molar-refractivity contribution >= 4 is 26.6 Å². The van der Waals surface area contributed by atoms with Crippen LogP contribution in [0.1, 0.15) is 20.8 Å². The van der Waals surface area contributed by atoms with Crippen LogP contribution in [-0.2, 0) is 9.57 Å². The van der Waals surface area contributed by atoms with E-state index in [1.54, 1.807) is 4.90 Å². The molecule has 0 radical (unpaired) electrons. The van der Waals surface area contributed by atoms with Gasteiger partial charge in [-0.2, -0.15) is 0 Å². The highest BCUT2D eigenvalue weighted by atomic mass is 79.9. The van der Waals surface area contributed by atoms with Gasteiger partial charge in [-0.05, 0) is 36.7 Å². The zero-order valence-electron chi connectivity index (χ0n) is 9.57. The first kappa shape index (κ1) is 11.7. The van der Waals surface area contributed by atoms with Gasteiger partial charge in [0.15, 0.2) is 6.10 Å². The monoisotopic (exact) mass is 290 g/mol. The number of oxime groups is 1. The van der Waals surface area contributed by atoms with Crippen molar-refractivity contribution in [1.29, 1.82) is 0 Å². The number of carbonyl (C=O) groups excluding carboxylic acids is 1. The van der Waals surface area contributed by atoms with Crippen molar-refractivity contribution in [3.05, 3.63) is 0 Å². The third kappa shape index (κ3) is 2.31. The van der Waals surface area contributed by atoms with Crippen LogP contribution in [0.2, 0.25) is 0 Å². The molecule has 0 spiro atoms. The van der Waals surface area contributed by atoms with Crippen LogP contribution in [-0.4, -0.2) is 40.4 Å². The average Bonchev–Trinajstić information content (AvgIpc) is 2.65. The molecule has 1 unspecified atom stereocenters. The molecule has 0 aromatic heterocycles. The number of fused-ring (bicyclic) bond motifs is 1. The standard InChI is InChI=1S/C10H15BrN2O3/c1-10(2,3)15-9(14)13-4-6-7(5-13)16-12-8(6)11/h6-7H,4-5H2,1-3H3/t6-,7?/m1/s1. The highest BCUT2D eigenvalue weighted by molar-refractivity contribution is 9.18. The number of likely N-dealkylation sites (tertiary alicyclic amines) is 1. The van der Waals surface area contributed by atoms with Gasteiger partial charge in [-0.1, -0.05) is 5.16 Å². The maximum atomic E-state index is 11.8. The summed E-state index contributed by atoms with van der Waals surface area (Å²) >= 11 is 3.33. The molecule has 2 aliphatic rings. The van der Waals surface area contributed by atoms with Crippen molar-refractivity contribution in [3.8, 4) is 0 Å². The van der Waals surface area contributed by atoms with Crippen LogP contribution in [0.25, 0.3) is 0 Å². The van der Waals surface area contributed by atoms with Gasteiger partial charge in [0.25, 0.3) is 0 Å². The van der Waals surface area contributed by atoms with E-state index >= 15 is 0 Å². The number of hydrogen-bond acceptors (Lipinski definition) is 4. The second kappa shape index (κ2) is 3.91. The Kier molecular flexibility index (Phi) is 2.86. The van der Waals surface area contributed by atoms with Crippen LogP contribution in [0.3, 0.4) is 0 Å². The second-order valence-electron chi connectivity index (χ2n) is 5.05. The van der Waals surface area contributed by atoms with E-state index in [0.717, 1.165) is 4.62 Å². The van der Waals surface area contributed by atoms with Crippen LogP contribution in [0, 0.1) is 5.92 Å². The first-order chi connectivity index (χ1) is 7.37. The minimum absolute atomic E-state index is 0.0260. The molecule has 6 heteroatoms. The molecule has 16 heavy (non-hydrogen) atoms. The van der Waals surface area contributed by atoms with Gasteiger partial charge in [-0.25, -0.2) is 4.79 Å². The van der Waals surface area contributed by atoms with E-state index in [2.05, 4.69) is 21.1 Å². The molecule has 1 amide bonds. The number of hydrogen-bond donors (Lipinski definition) is 0. The summed E-state index contributed by atoms with van der Waals surface area (Å²) in [6, 6.07) is 0. The molecule has 0 aliphatic carbocycles. The predicted octanol–water partition coefficient (Wildman–Crippen LogP) is 1.96. The molecule has 1 saturated heterocycles. The molecule has 2 atom stereocenters. The highest BCUT2D eigenvalue weighted by Gasteiger charge is 2.44. The van der Waals surface area contributed by atoms with Crippen molar-refractivity contribution in [2.75, 3.05) is 13.1 Å². The van der Waals surface area contributed by atoms with Crippen molar-refractivity contribution in [2.45, 2.75) is 32.5 Å². The zero-order chi connectivity index (χ0) is 11.9. The summed E-state index contributed by atoms with van der Waals surface area (Å²) in [6.45, 7) is 6.71. The van der Waals surface area contributed by atoms with Crippen molar-refractivity contribution < 1.29 is 14.4 Å². The molecule has 0 N–H and O–H groups in total. The number of ether oxygens (including phenoxy) is 1. The maximum Gasteiger partial charge on any atom is 0.410 e. The molecular weight excluding hydrogens is 276 g/mol. The Morgan fingerprint density at radius 2 is 2.25 bits per heavy atom. The Bertz CT molecular complexity index is 337. The van der Waals surface area contributed by atoms with E-state index in [9.17, 15) is 4.79 Å². The van der Waals surface area contributed by atoms with E-state index in [1.165, 1.54) is 0 Å². The quantitative estimate of drug-likeness (QED) is 0.685. The fourth-order valence-electron chi connectivity index (χ4n) is 1.77. The third-order valence-electron chi connectivity index (χ3n) is 2.50. The average molecular weight is 291 g/mol. The molecule has 2 rings (SSSR count). The summed E-state index contributed by atoms with van der Waals surface area (Å²) in [5.41, 5.74) is -0.457. The molecule has 0 bridgehead atoms. The Morgan fingerprint density at radius 1 is 1.56 bits per heavy atom. The van der Waals surface area contributed by atoms with Gasteiger partial charge >= 0.3 is 6.09 Å². The summed E-state index contributed by atoms with van der Waals surface area (Å²) in [7, 11) is 0. The molecule has 90 valence electrons. The predicted molar refractivity (Wildman–Crippen MR) is 62.5 cm³/mol. The lowest BCUT2D eigenvalue weighted by molar-refractivity contribution is 0.0228. The molecule has 0 saturated carbocycles. The van der Waals surface area contributed by atoms with Crippen molar-refractivity contribution in [3.63, 3.8) is 0 Å². The lowest BCUT2D eigenvalue weighted by atomic mass is 10.1. The fourth-order valence-corrected chi connectivity index (χ4v) is 2.29. The summed E-state index contributed by atoms with van der Waals surface area (Å²) in [6.07, 6.45) is -0.312. The number of carbonyl (C=O) groups is 1. The summed E-state index contributed by atoms with van der Waals surface area (Å²) in [5, 5.41) is 3.84. The lowest BCUT2D eigenvalue weighted by Gasteiger charge is -2.24. The van der Waals surface area contributed by atoms with E-state index in [-0.39, 0.29) is 18.1 Å². The highest BCUT2D eigenvalue weighted by Crippen LogP contribution is 2.30. The maximum absolute atomic E-state index is 11.8. The lowest BCUT2D eigenvalue weighted by Crippen LogP contribution is -2.36. The van der Waals surface area contributed by atoms with Gasteiger partial charge in [-0.15, -0.1) is 0 Å². The van der Waals surface area contributed by atoms with Crippen LogP contribution in [0.15, 0.2) is 5.16 Å². The summed E-state index contributed by atoms with van der Waals surface area (Å²) < 4.78 is 6.08. The first-order valence-electron chi connectivity index (χ1n) is 5.24. The molecule has 2 heterocycles. The smallest absolute Gasteiger partial charge is 0.410 e. The van der Waals surface area contributed by atoms with Gasteiger partial charge in [0, 0.05) is 6.54 Å². The van der Waals surface area contributed by atoms with Gasteiger partial charge < -0.3 is 14.5 Å². The second-order valence-corrected chi connectivity index (χ2v) is 5.86. The normalized spacial score (nSPS) is 28.5. The minimum Gasteiger partial charge on any atom is -0.444 e. The number of nitrogens with zero attached hydrogens (tertiary/aromatic N) is 2. The van der Waals surface area contributed by atoms with E-state index < -0.39 is 5.60 Å². The first-order valence-corrected chi connectivity index (χ1v) is 6.03. The summed E-state index contributed by atoms with van der Waals surface area (Å²) in [5.74, 6) is 0.160. The SMILES string of the molecule is CC(C)(C)OC(=O)N1CC2ON=C(Br)[C@@H]2C1. The fraction of sp³-hybridized carbons (Fsp3) is 0.800. The topological polar surface area (TPSA) is 51.1 Å². The third-order valence-corrected chi connectivity index (χ3v) is 3.23. The van der Waals surface area contributed by atoms with Gasteiger partial charge in [0.05, 0.1) is 12.5 Å². The Balaban J connectivity index is 1.94. The molecular formula is C10H15BrN2O3. The number of rotatable bonds is 0. The zero-order valence-corrected chi connectivity index (χ0v) is 11.2. The number of halogens is 1. The van der Waals surface area contributed by atoms with E-state index in [4.69, 9.17) is 9.57 Å². The molecule has 5 nitrogen and oxygen atoms in total. The Morgan fingerprint density at radius 3 is 2.81 bits per heavy atom. The van der Waals surface area contributed by atoms with Crippen LogP contribution >= 0.6 is 15.9 Å². The van der Waals surface area contributed by atoms with Crippen molar-refractivity contribution in [2.24, 2.45) is 11.1 Å². The Labute approximate surface area is 103 Å². The molecule has 0 aromatic carbocycles. The Hall–Kier alpha value is -0.780. The van der Waals surface area contributed by atoms with Crippen LogP contribution in [0.4, 0.5) is 4.79 Å². The van der Waals surface area contributed by atoms with Gasteiger partial charge in [-0.3, -0.25) is 0 Å². The van der Waals surface area contributed by atoms with Gasteiger partial charge in [0.2, 0.25) is 0 Å². The summed E-state index contributed by atoms with van der Waals surface area (Å²) in [4.78, 5) is 18.6. The van der Waals surface area contributed by atoms with Crippen molar-refractivity contribution in [1.82, 2.24) is 4.90 Å². The minimum atomic E-state index is -0.457. The van der Waals surface area contributed by atoms with E-state index in [0.29, 0.717) is 13.1 Å². The molecule has 2 aliphatic heterocycles. The number of amides is 1. The van der Waals surface area contributed by atoms with Crippen LogP contribution < -0.4 is 0 Å². The largest absolute Gasteiger partial charge is 0.444 e.